The van der Waals surface area contributed by atoms with Crippen LogP contribution in [-0.2, 0) is 0 Å². The van der Waals surface area contributed by atoms with E-state index in [0.717, 1.165) is 20.9 Å². The smallest absolute Gasteiger partial charge is 0.193 e. The van der Waals surface area contributed by atoms with Crippen LogP contribution in [0.2, 0.25) is 0 Å². The zero-order chi connectivity index (χ0) is 14.1. The van der Waals surface area contributed by atoms with Crippen LogP contribution in [0.5, 0.6) is 0 Å². The Bertz CT molecular complexity index is 811. The van der Waals surface area contributed by atoms with Crippen molar-refractivity contribution >= 4 is 32.6 Å². The van der Waals surface area contributed by atoms with Gasteiger partial charge >= 0.3 is 0 Å². The van der Waals surface area contributed by atoms with Crippen molar-refractivity contribution in [3.05, 3.63) is 75.9 Å². The number of hydrogen-bond acceptors (Lipinski definition) is 2. The number of nitrogens with zero attached hydrogens (tertiary/aromatic N) is 1. The Kier molecular flexibility index (Phi) is 3.36. The summed E-state index contributed by atoms with van der Waals surface area (Å²) < 4.78 is 1.01. The molecule has 0 radical (unpaired) electrons. The summed E-state index contributed by atoms with van der Waals surface area (Å²) in [5.74, 6) is 0.0337. The minimum atomic E-state index is 0.0337. The number of aryl methyl sites for hydroxylation is 1. The molecular formula is C17H12BrNO. The van der Waals surface area contributed by atoms with E-state index in [1.54, 1.807) is 6.20 Å². The average Bonchev–Trinajstić information content (AvgIpc) is 2.49. The minimum absolute atomic E-state index is 0.0337. The normalized spacial score (nSPS) is 10.7. The highest BCUT2D eigenvalue weighted by atomic mass is 79.9. The van der Waals surface area contributed by atoms with Crippen LogP contribution in [0, 0.1) is 6.92 Å². The van der Waals surface area contributed by atoms with Gasteiger partial charge in [-0.2, -0.15) is 0 Å². The van der Waals surface area contributed by atoms with E-state index in [-0.39, 0.29) is 5.78 Å². The van der Waals surface area contributed by atoms with Crippen LogP contribution in [0.15, 0.2) is 59.2 Å². The van der Waals surface area contributed by atoms with Gasteiger partial charge in [0.05, 0.1) is 5.52 Å². The predicted molar refractivity (Wildman–Crippen MR) is 84.1 cm³/mol. The lowest BCUT2D eigenvalue weighted by Gasteiger charge is -2.05. The zero-order valence-electron chi connectivity index (χ0n) is 10.9. The number of halogens is 1. The summed E-state index contributed by atoms with van der Waals surface area (Å²) in [6, 6.07) is 15.1. The van der Waals surface area contributed by atoms with Gasteiger partial charge in [0, 0.05) is 27.2 Å². The molecule has 2 aromatic carbocycles. The predicted octanol–water partition coefficient (Wildman–Crippen LogP) is 4.54. The largest absolute Gasteiger partial charge is 0.289 e. The second-order valence-corrected chi connectivity index (χ2v) is 5.56. The third-order valence-electron chi connectivity index (χ3n) is 3.29. The van der Waals surface area contributed by atoms with Gasteiger partial charge in [-0.15, -0.1) is 0 Å². The fourth-order valence-corrected chi connectivity index (χ4v) is 2.42. The lowest BCUT2D eigenvalue weighted by Crippen LogP contribution is -2.01. The summed E-state index contributed by atoms with van der Waals surface area (Å²) >= 11 is 3.45. The Balaban J connectivity index is 2.05. The minimum Gasteiger partial charge on any atom is -0.289 e. The Labute approximate surface area is 125 Å². The molecular weight excluding hydrogens is 314 g/mol. The van der Waals surface area contributed by atoms with Crippen molar-refractivity contribution in [1.82, 2.24) is 4.98 Å². The van der Waals surface area contributed by atoms with Gasteiger partial charge in [0.1, 0.15) is 0 Å². The van der Waals surface area contributed by atoms with E-state index in [9.17, 15) is 4.79 Å². The van der Waals surface area contributed by atoms with Gasteiger partial charge in [0.2, 0.25) is 0 Å². The standard InChI is InChI=1S/C17H12BrNO/c1-11-9-13(4-6-15(11)18)17(20)14-5-7-16-12(10-14)3-2-8-19-16/h2-10H,1H3. The van der Waals surface area contributed by atoms with Gasteiger partial charge in [-0.05, 0) is 55.0 Å². The Morgan fingerprint density at radius 1 is 1.05 bits per heavy atom. The second kappa shape index (κ2) is 5.17. The highest BCUT2D eigenvalue weighted by Gasteiger charge is 2.10. The molecule has 0 aliphatic heterocycles. The maximum atomic E-state index is 12.5. The molecule has 0 saturated carbocycles. The highest BCUT2D eigenvalue weighted by Crippen LogP contribution is 2.21. The maximum absolute atomic E-state index is 12.5. The van der Waals surface area contributed by atoms with Gasteiger partial charge in [-0.3, -0.25) is 9.78 Å². The lowest BCUT2D eigenvalue weighted by molar-refractivity contribution is 0.103. The summed E-state index contributed by atoms with van der Waals surface area (Å²) in [5, 5.41) is 0.979. The summed E-state index contributed by atoms with van der Waals surface area (Å²) in [6.07, 6.45) is 1.75. The molecule has 0 saturated heterocycles. The first-order valence-corrected chi connectivity index (χ1v) is 7.10. The monoisotopic (exact) mass is 325 g/mol. The van der Waals surface area contributed by atoms with Crippen LogP contribution >= 0.6 is 15.9 Å². The molecule has 0 bridgehead atoms. The van der Waals surface area contributed by atoms with Crippen LogP contribution in [0.4, 0.5) is 0 Å². The second-order valence-electron chi connectivity index (χ2n) is 4.70. The van der Waals surface area contributed by atoms with E-state index in [0.29, 0.717) is 11.1 Å². The summed E-state index contributed by atoms with van der Waals surface area (Å²) in [7, 11) is 0. The van der Waals surface area contributed by atoms with E-state index in [4.69, 9.17) is 0 Å². The van der Waals surface area contributed by atoms with Gasteiger partial charge in [0.15, 0.2) is 5.78 Å². The van der Waals surface area contributed by atoms with Crippen molar-refractivity contribution in [3.63, 3.8) is 0 Å². The summed E-state index contributed by atoms with van der Waals surface area (Å²) in [4.78, 5) is 16.8. The Morgan fingerprint density at radius 2 is 1.80 bits per heavy atom. The molecule has 3 heteroatoms. The lowest BCUT2D eigenvalue weighted by atomic mass is 10.0. The fourth-order valence-electron chi connectivity index (χ4n) is 2.17. The van der Waals surface area contributed by atoms with E-state index >= 15 is 0 Å². The van der Waals surface area contributed by atoms with E-state index in [1.165, 1.54) is 0 Å². The maximum Gasteiger partial charge on any atom is 0.193 e. The van der Waals surface area contributed by atoms with Crippen LogP contribution in [0.1, 0.15) is 21.5 Å². The molecule has 0 N–H and O–H groups in total. The van der Waals surface area contributed by atoms with Gasteiger partial charge in [-0.1, -0.05) is 22.0 Å². The molecule has 98 valence electrons. The molecule has 0 atom stereocenters. The molecule has 0 fully saturated rings. The number of rotatable bonds is 2. The molecule has 2 nitrogen and oxygen atoms in total. The number of pyridine rings is 1. The van der Waals surface area contributed by atoms with E-state index < -0.39 is 0 Å². The van der Waals surface area contributed by atoms with Crippen molar-refractivity contribution in [1.29, 1.82) is 0 Å². The quantitative estimate of drug-likeness (QED) is 0.647. The van der Waals surface area contributed by atoms with Crippen molar-refractivity contribution in [2.45, 2.75) is 6.92 Å². The van der Waals surface area contributed by atoms with Crippen molar-refractivity contribution in [3.8, 4) is 0 Å². The van der Waals surface area contributed by atoms with Gasteiger partial charge in [0.25, 0.3) is 0 Å². The Hall–Kier alpha value is -2.00. The fraction of sp³-hybridized carbons (Fsp3) is 0.0588. The van der Waals surface area contributed by atoms with Crippen LogP contribution in [0.25, 0.3) is 10.9 Å². The molecule has 1 heterocycles. The van der Waals surface area contributed by atoms with Crippen molar-refractivity contribution < 1.29 is 4.79 Å². The molecule has 0 aliphatic rings. The summed E-state index contributed by atoms with van der Waals surface area (Å²) in [5.41, 5.74) is 3.34. The molecule has 0 unspecified atom stereocenters. The third kappa shape index (κ3) is 2.37. The first-order valence-electron chi connectivity index (χ1n) is 6.31. The van der Waals surface area contributed by atoms with Crippen molar-refractivity contribution in [2.75, 3.05) is 0 Å². The first kappa shape index (κ1) is 13.0. The molecule has 3 aromatic rings. The number of aromatic nitrogens is 1. The number of ketones is 1. The van der Waals surface area contributed by atoms with Crippen LogP contribution in [0.3, 0.4) is 0 Å². The number of carbonyl (C=O) groups excluding carboxylic acids is 1. The van der Waals surface area contributed by atoms with Gasteiger partial charge < -0.3 is 0 Å². The topological polar surface area (TPSA) is 30.0 Å². The Morgan fingerprint density at radius 3 is 2.60 bits per heavy atom. The molecule has 3 rings (SSSR count). The number of hydrogen-bond donors (Lipinski definition) is 0. The molecule has 1 aromatic heterocycles. The van der Waals surface area contributed by atoms with Crippen molar-refractivity contribution in [2.24, 2.45) is 0 Å². The van der Waals surface area contributed by atoms with Crippen LogP contribution in [-0.4, -0.2) is 10.8 Å². The molecule has 0 spiro atoms. The third-order valence-corrected chi connectivity index (χ3v) is 4.18. The zero-order valence-corrected chi connectivity index (χ0v) is 12.5. The first-order chi connectivity index (χ1) is 9.65. The average molecular weight is 326 g/mol. The molecule has 0 aliphatic carbocycles. The SMILES string of the molecule is Cc1cc(C(=O)c2ccc3ncccc3c2)ccc1Br. The number of fused-ring (bicyclic) bond motifs is 1. The highest BCUT2D eigenvalue weighted by molar-refractivity contribution is 9.10. The van der Waals surface area contributed by atoms with E-state index in [1.807, 2.05) is 55.5 Å². The summed E-state index contributed by atoms with van der Waals surface area (Å²) in [6.45, 7) is 1.98. The number of benzene rings is 2. The van der Waals surface area contributed by atoms with Crippen LogP contribution < -0.4 is 0 Å². The van der Waals surface area contributed by atoms with E-state index in [2.05, 4.69) is 20.9 Å². The molecule has 20 heavy (non-hydrogen) atoms. The molecule has 0 amide bonds. The number of carbonyl (C=O) groups is 1. The van der Waals surface area contributed by atoms with Gasteiger partial charge in [-0.25, -0.2) is 0 Å².